The van der Waals surface area contributed by atoms with Crippen LogP contribution in [0.3, 0.4) is 0 Å². The Labute approximate surface area is 188 Å². The summed E-state index contributed by atoms with van der Waals surface area (Å²) in [6.07, 6.45) is 8.76. The first-order valence-corrected chi connectivity index (χ1v) is 11.1. The molecule has 1 saturated carbocycles. The molecule has 1 aliphatic heterocycles. The Morgan fingerprint density at radius 2 is 2.09 bits per heavy atom. The monoisotopic (exact) mass is 439 g/mol. The number of amides is 1. The Bertz CT molecular complexity index is 1020. The summed E-state index contributed by atoms with van der Waals surface area (Å²) < 4.78 is 1.63. The highest BCUT2D eigenvalue weighted by atomic mass is 16.2. The summed E-state index contributed by atoms with van der Waals surface area (Å²) >= 11 is 0. The van der Waals surface area contributed by atoms with Crippen LogP contribution < -0.4 is 26.8 Å². The molecule has 0 aromatic carbocycles. The van der Waals surface area contributed by atoms with E-state index in [4.69, 9.17) is 5.41 Å². The van der Waals surface area contributed by atoms with Gasteiger partial charge in [0.1, 0.15) is 23.2 Å². The molecule has 2 aliphatic rings. The maximum atomic E-state index is 13.0. The first-order valence-electron chi connectivity index (χ1n) is 11.1. The van der Waals surface area contributed by atoms with Crippen molar-refractivity contribution in [2.75, 3.05) is 12.4 Å². The summed E-state index contributed by atoms with van der Waals surface area (Å²) in [5.74, 6) is 1.30. The molecule has 0 spiro atoms. The van der Waals surface area contributed by atoms with E-state index in [1.807, 2.05) is 13.8 Å². The van der Waals surface area contributed by atoms with E-state index in [1.54, 1.807) is 36.0 Å². The average Bonchev–Trinajstić information content (AvgIpc) is 2.77. The molecule has 32 heavy (non-hydrogen) atoms. The molecular weight excluding hydrogens is 406 g/mol. The molecule has 0 radical (unpaired) electrons. The smallest absolute Gasteiger partial charge is 0.274 e. The number of anilines is 1. The van der Waals surface area contributed by atoms with Gasteiger partial charge in [0.25, 0.3) is 11.5 Å². The van der Waals surface area contributed by atoms with Crippen molar-refractivity contribution in [3.8, 4) is 0 Å². The Hall–Kier alpha value is -3.36. The third kappa shape index (κ3) is 5.27. The minimum absolute atomic E-state index is 0.0217. The molecule has 1 aromatic heterocycles. The molecule has 172 valence electrons. The van der Waals surface area contributed by atoms with Crippen LogP contribution in [-0.2, 0) is 4.79 Å². The van der Waals surface area contributed by atoms with Crippen molar-refractivity contribution >= 4 is 23.6 Å². The van der Waals surface area contributed by atoms with Crippen molar-refractivity contribution in [2.24, 2.45) is 10.9 Å². The van der Waals surface area contributed by atoms with Crippen LogP contribution in [0.15, 0.2) is 51.4 Å². The largest absolute Gasteiger partial charge is 0.375 e. The molecule has 1 aliphatic carbocycles. The van der Waals surface area contributed by atoms with Crippen molar-refractivity contribution in [2.45, 2.75) is 58.5 Å². The van der Waals surface area contributed by atoms with Gasteiger partial charge in [0.15, 0.2) is 0 Å². The number of aromatic nitrogens is 1. The van der Waals surface area contributed by atoms with E-state index in [-0.39, 0.29) is 34.9 Å². The zero-order chi connectivity index (χ0) is 23.3. The van der Waals surface area contributed by atoms with Crippen LogP contribution in [0.2, 0.25) is 0 Å². The Balaban J connectivity index is 1.90. The van der Waals surface area contributed by atoms with Gasteiger partial charge >= 0.3 is 0 Å². The molecule has 5 N–H and O–H groups in total. The van der Waals surface area contributed by atoms with E-state index in [2.05, 4.69) is 33.2 Å². The van der Waals surface area contributed by atoms with E-state index in [9.17, 15) is 9.59 Å². The van der Waals surface area contributed by atoms with Gasteiger partial charge in [-0.2, -0.15) is 0 Å². The molecule has 2 unspecified atom stereocenters. The van der Waals surface area contributed by atoms with E-state index in [0.717, 1.165) is 25.5 Å². The third-order valence-corrected chi connectivity index (χ3v) is 5.90. The highest BCUT2D eigenvalue weighted by Crippen LogP contribution is 2.24. The van der Waals surface area contributed by atoms with Gasteiger partial charge in [0, 0.05) is 37.6 Å². The van der Waals surface area contributed by atoms with Gasteiger partial charge in [-0.25, -0.2) is 4.99 Å². The topological polar surface area (TPSA) is 123 Å². The van der Waals surface area contributed by atoms with Crippen molar-refractivity contribution in [3.05, 3.63) is 52.0 Å². The number of aliphatic imine (C=N–C) groups is 1. The van der Waals surface area contributed by atoms with Gasteiger partial charge in [0.2, 0.25) is 0 Å². The van der Waals surface area contributed by atoms with Crippen LogP contribution in [0, 0.1) is 11.3 Å². The molecule has 0 bridgehead atoms. The van der Waals surface area contributed by atoms with Crippen molar-refractivity contribution < 1.29 is 4.79 Å². The Morgan fingerprint density at radius 1 is 1.34 bits per heavy atom. The number of hydrogen-bond donors (Lipinski definition) is 5. The van der Waals surface area contributed by atoms with Crippen LogP contribution in [0.5, 0.6) is 0 Å². The normalized spacial score (nSPS) is 22.3. The zero-order valence-corrected chi connectivity index (χ0v) is 19.2. The van der Waals surface area contributed by atoms with E-state index in [0.29, 0.717) is 23.3 Å². The molecule has 2 heterocycles. The number of amidine groups is 1. The van der Waals surface area contributed by atoms with Gasteiger partial charge in [-0.1, -0.05) is 19.8 Å². The van der Waals surface area contributed by atoms with E-state index >= 15 is 0 Å². The first-order chi connectivity index (χ1) is 15.3. The standard InChI is InChI=1S/C23H33N7O2/c1-14(2)30-11-7-10-18(23(30)32)26-20-12-19(25-4)28-21(29-20)16(13-24)22(31)27-17-9-6-5-8-15(17)3/h7,10-15,17,24-25,28H,5-6,8-9H2,1-4H3,(H,26,29)(H,27,31)/b21-16-,24-13?. The lowest BCUT2D eigenvalue weighted by atomic mass is 9.86. The summed E-state index contributed by atoms with van der Waals surface area (Å²) in [7, 11) is 1.74. The predicted molar refractivity (Wildman–Crippen MR) is 128 cm³/mol. The molecule has 1 aromatic rings. The summed E-state index contributed by atoms with van der Waals surface area (Å²) in [6, 6.07) is 3.60. The van der Waals surface area contributed by atoms with E-state index in [1.165, 1.54) is 6.42 Å². The summed E-state index contributed by atoms with van der Waals surface area (Å²) in [4.78, 5) is 30.2. The molecule has 9 heteroatoms. The average molecular weight is 440 g/mol. The number of hydrogen-bond acceptors (Lipinski definition) is 7. The molecule has 1 fully saturated rings. The summed E-state index contributed by atoms with van der Waals surface area (Å²) in [6.45, 7) is 6.02. The fourth-order valence-corrected chi connectivity index (χ4v) is 3.98. The lowest BCUT2D eigenvalue weighted by Gasteiger charge is -2.29. The minimum atomic E-state index is -0.330. The van der Waals surface area contributed by atoms with Crippen LogP contribution in [-0.4, -0.2) is 35.6 Å². The first kappa shape index (κ1) is 23.3. The SMILES string of the molecule is CNC1=CC(Nc2cccn(C(C)C)c2=O)=N/C(=C(/C=N)C(=O)NC2CCCCC2C)N1. The molecule has 0 saturated heterocycles. The van der Waals surface area contributed by atoms with Gasteiger partial charge in [-0.15, -0.1) is 0 Å². The molecule has 2 atom stereocenters. The molecule has 1 amide bonds. The minimum Gasteiger partial charge on any atom is -0.375 e. The van der Waals surface area contributed by atoms with Crippen LogP contribution in [0.25, 0.3) is 0 Å². The van der Waals surface area contributed by atoms with Crippen molar-refractivity contribution in [1.82, 2.24) is 20.5 Å². The molecule has 3 rings (SSSR count). The van der Waals surface area contributed by atoms with Gasteiger partial charge < -0.3 is 31.2 Å². The molecular formula is C23H33N7O2. The maximum Gasteiger partial charge on any atom is 0.274 e. The fourth-order valence-electron chi connectivity index (χ4n) is 3.98. The van der Waals surface area contributed by atoms with Crippen molar-refractivity contribution in [3.63, 3.8) is 0 Å². The quantitative estimate of drug-likeness (QED) is 0.344. The van der Waals surface area contributed by atoms with Gasteiger partial charge in [0.05, 0.1) is 5.57 Å². The number of carbonyl (C=O) groups excluding carboxylic acids is 1. The highest BCUT2D eigenvalue weighted by molar-refractivity contribution is 6.13. The lowest BCUT2D eigenvalue weighted by Crippen LogP contribution is -2.43. The number of pyridine rings is 1. The van der Waals surface area contributed by atoms with Crippen molar-refractivity contribution in [1.29, 1.82) is 5.41 Å². The zero-order valence-electron chi connectivity index (χ0n) is 19.2. The number of nitrogens with one attached hydrogen (secondary N) is 5. The van der Waals surface area contributed by atoms with Crippen LogP contribution in [0.4, 0.5) is 5.69 Å². The number of nitrogens with zero attached hydrogens (tertiary/aromatic N) is 2. The Kier molecular flexibility index (Phi) is 7.50. The predicted octanol–water partition coefficient (Wildman–Crippen LogP) is 2.46. The van der Waals surface area contributed by atoms with Crippen LogP contribution >= 0.6 is 0 Å². The number of rotatable bonds is 6. The third-order valence-electron chi connectivity index (χ3n) is 5.90. The second-order valence-corrected chi connectivity index (χ2v) is 8.53. The highest BCUT2D eigenvalue weighted by Gasteiger charge is 2.26. The lowest BCUT2D eigenvalue weighted by molar-refractivity contribution is -0.118. The second-order valence-electron chi connectivity index (χ2n) is 8.53. The van der Waals surface area contributed by atoms with Gasteiger partial charge in [-0.05, 0) is 44.7 Å². The van der Waals surface area contributed by atoms with E-state index < -0.39 is 0 Å². The Morgan fingerprint density at radius 3 is 2.75 bits per heavy atom. The van der Waals surface area contributed by atoms with Crippen LogP contribution in [0.1, 0.15) is 52.5 Å². The second kappa shape index (κ2) is 10.3. The fraction of sp³-hybridized carbons (Fsp3) is 0.478. The summed E-state index contributed by atoms with van der Waals surface area (Å²) in [5.41, 5.74) is 0.352. The number of carbonyl (C=O) groups is 1. The molecule has 9 nitrogen and oxygen atoms in total. The summed E-state index contributed by atoms with van der Waals surface area (Å²) in [5, 5.41) is 20.0. The van der Waals surface area contributed by atoms with Gasteiger partial charge in [-0.3, -0.25) is 9.59 Å². The maximum absolute atomic E-state index is 13.0.